The van der Waals surface area contributed by atoms with Crippen molar-refractivity contribution in [3.05, 3.63) is 47.0 Å². The van der Waals surface area contributed by atoms with Gasteiger partial charge < -0.3 is 34.8 Å². The fourth-order valence-corrected chi connectivity index (χ4v) is 8.50. The number of aliphatic hydroxyl groups excluding tert-OH is 3. The summed E-state index contributed by atoms with van der Waals surface area (Å²) < 4.78 is 17.3. The Kier molecular flexibility index (Phi) is 8.79. The lowest BCUT2D eigenvalue weighted by Crippen LogP contribution is -2.68. The van der Waals surface area contributed by atoms with Crippen LogP contribution in [0.3, 0.4) is 0 Å². The zero-order valence-electron chi connectivity index (χ0n) is 27.5. The predicted molar refractivity (Wildman–Crippen MR) is 165 cm³/mol. The molecule has 0 radical (unpaired) electrons. The van der Waals surface area contributed by atoms with Gasteiger partial charge in [0.15, 0.2) is 5.78 Å². The Morgan fingerprint density at radius 1 is 1.11 bits per heavy atom. The van der Waals surface area contributed by atoms with Gasteiger partial charge in [0.25, 0.3) is 0 Å². The van der Waals surface area contributed by atoms with Gasteiger partial charge in [-0.2, -0.15) is 0 Å². The number of benzene rings is 1. The van der Waals surface area contributed by atoms with E-state index in [9.17, 15) is 29.7 Å². The van der Waals surface area contributed by atoms with Crippen LogP contribution in [0.1, 0.15) is 85.8 Å². The van der Waals surface area contributed by atoms with Crippen LogP contribution in [0.4, 0.5) is 4.79 Å². The van der Waals surface area contributed by atoms with E-state index in [1.165, 1.54) is 0 Å². The van der Waals surface area contributed by atoms with E-state index in [2.05, 4.69) is 5.32 Å². The van der Waals surface area contributed by atoms with Gasteiger partial charge in [-0.15, -0.1) is 0 Å². The summed E-state index contributed by atoms with van der Waals surface area (Å²) in [6.45, 7) is 12.8. The quantitative estimate of drug-likeness (QED) is 0.271. The number of amides is 1. The van der Waals surface area contributed by atoms with Crippen molar-refractivity contribution in [1.29, 1.82) is 0 Å². The molecule has 45 heavy (non-hydrogen) atoms. The summed E-state index contributed by atoms with van der Waals surface area (Å²) in [5.74, 6) is -1.37. The number of hydrogen-bond acceptors (Lipinski definition) is 9. The summed E-state index contributed by atoms with van der Waals surface area (Å²) in [6.07, 6.45) is -3.40. The van der Waals surface area contributed by atoms with E-state index in [4.69, 9.17) is 14.2 Å². The van der Waals surface area contributed by atoms with Crippen LogP contribution in [0.5, 0.6) is 0 Å². The fraction of sp³-hybridized carbons (Fsp3) is 0.686. The lowest BCUT2D eigenvalue weighted by Gasteiger charge is -2.63. The molecule has 3 fully saturated rings. The standard InChI is InChI=1S/C35H49NO9/c1-19-25(44-27(39)13-23(20-11-9-8-10-12-20)36-31(42)45-32(2,3)4)16-35(18-37)15-22-21-17-43-24(21)14-26(38)34(22,7)30(41)29(40)28(19)33(35,5)6/h8-12,21-26,29,37-38,40H,13-18H2,1-7H3,(H,36,42)/t21-,22?,23+,24+,25-,26-,29+,34-,35+/m0/s1. The van der Waals surface area contributed by atoms with Gasteiger partial charge in [-0.25, -0.2) is 4.79 Å². The first-order valence-corrected chi connectivity index (χ1v) is 16.0. The second kappa shape index (κ2) is 11.8. The van der Waals surface area contributed by atoms with Gasteiger partial charge in [-0.05, 0) is 75.5 Å². The Morgan fingerprint density at radius 3 is 2.36 bits per heavy atom. The maximum absolute atomic E-state index is 14.2. The summed E-state index contributed by atoms with van der Waals surface area (Å²) in [5.41, 5.74) is -1.95. The third-order valence-corrected chi connectivity index (χ3v) is 11.4. The average Bonchev–Trinajstić information content (AvgIpc) is 2.94. The Bertz CT molecular complexity index is 1350. The molecule has 1 amide bonds. The summed E-state index contributed by atoms with van der Waals surface area (Å²) in [5, 5.41) is 37.0. The number of carbonyl (C=O) groups excluding carboxylic acids is 3. The highest BCUT2D eigenvalue weighted by Crippen LogP contribution is 2.64. The van der Waals surface area contributed by atoms with Crippen LogP contribution in [0.25, 0.3) is 0 Å². The van der Waals surface area contributed by atoms with Crippen LogP contribution >= 0.6 is 0 Å². The van der Waals surface area contributed by atoms with E-state index < -0.39 is 64.0 Å². The molecule has 1 aliphatic heterocycles. The van der Waals surface area contributed by atoms with Crippen molar-refractivity contribution in [3.63, 3.8) is 0 Å². The SMILES string of the molecule is CC1=C2[C@@H](O)C(=O)[C@@]3(C)C(C[C@](CO)(C[C@@H]1OC(=O)C[C@@H](NC(=O)OC(C)(C)C)c1ccccc1)C2(C)C)[C@@H]1CO[C@@H]1C[C@@H]3O. The van der Waals surface area contributed by atoms with Crippen molar-refractivity contribution in [2.24, 2.45) is 28.1 Å². The highest BCUT2D eigenvalue weighted by molar-refractivity contribution is 5.93. The topological polar surface area (TPSA) is 152 Å². The number of aliphatic hydroxyl groups is 3. The zero-order chi connectivity index (χ0) is 33.1. The van der Waals surface area contributed by atoms with E-state index in [1.807, 2.05) is 32.0 Å². The van der Waals surface area contributed by atoms with Gasteiger partial charge in [0.05, 0.1) is 36.7 Å². The smallest absolute Gasteiger partial charge is 0.408 e. The summed E-state index contributed by atoms with van der Waals surface area (Å²) >= 11 is 0. The largest absolute Gasteiger partial charge is 0.458 e. The van der Waals surface area contributed by atoms with E-state index in [0.717, 1.165) is 0 Å². The Morgan fingerprint density at radius 2 is 1.78 bits per heavy atom. The number of carbonyl (C=O) groups is 3. The molecule has 5 rings (SSSR count). The Balaban J connectivity index is 1.47. The Hall–Kier alpha value is -2.79. The molecule has 2 saturated carbocycles. The lowest BCUT2D eigenvalue weighted by molar-refractivity contribution is -0.238. The van der Waals surface area contributed by atoms with Gasteiger partial charge in [0.1, 0.15) is 17.8 Å². The molecule has 248 valence electrons. The summed E-state index contributed by atoms with van der Waals surface area (Å²) in [7, 11) is 0. The molecule has 1 heterocycles. The average molecular weight is 628 g/mol. The molecule has 1 aromatic carbocycles. The first-order chi connectivity index (χ1) is 20.9. The lowest BCUT2D eigenvalue weighted by atomic mass is 9.44. The molecule has 4 aliphatic rings. The minimum absolute atomic E-state index is 0.00823. The van der Waals surface area contributed by atoms with Crippen LogP contribution in [0.2, 0.25) is 0 Å². The normalized spacial score (nSPS) is 36.4. The number of ketones is 1. The van der Waals surface area contributed by atoms with E-state index in [1.54, 1.807) is 46.8 Å². The van der Waals surface area contributed by atoms with E-state index in [-0.39, 0.29) is 37.4 Å². The first-order valence-electron chi connectivity index (χ1n) is 16.0. The summed E-state index contributed by atoms with van der Waals surface area (Å²) in [4.78, 5) is 40.5. The molecule has 1 unspecified atom stereocenters. The third kappa shape index (κ3) is 5.72. The number of alkyl carbamates (subject to hydrolysis) is 1. The van der Waals surface area contributed by atoms with E-state index >= 15 is 0 Å². The minimum atomic E-state index is -1.54. The zero-order valence-corrected chi connectivity index (χ0v) is 27.5. The molecule has 10 nitrogen and oxygen atoms in total. The predicted octanol–water partition coefficient (Wildman–Crippen LogP) is 4.02. The third-order valence-electron chi connectivity index (χ3n) is 11.4. The van der Waals surface area contributed by atoms with Crippen LogP contribution in [-0.2, 0) is 23.8 Å². The molecule has 9 atom stereocenters. The molecular formula is C35H49NO9. The number of fused-ring (bicyclic) bond motifs is 5. The highest BCUT2D eigenvalue weighted by Gasteiger charge is 2.67. The second-order valence-corrected chi connectivity index (χ2v) is 15.3. The van der Waals surface area contributed by atoms with Crippen molar-refractivity contribution in [2.45, 2.75) is 110 Å². The minimum Gasteiger partial charge on any atom is -0.458 e. The molecular weight excluding hydrogens is 578 g/mol. The van der Waals surface area contributed by atoms with E-state index in [0.29, 0.717) is 36.2 Å². The molecule has 0 aromatic heterocycles. The molecule has 0 spiro atoms. The second-order valence-electron chi connectivity index (χ2n) is 15.3. The number of ether oxygens (including phenoxy) is 3. The van der Waals surface area contributed by atoms with Crippen LogP contribution < -0.4 is 5.32 Å². The van der Waals surface area contributed by atoms with Gasteiger partial charge in [0, 0.05) is 24.4 Å². The van der Waals surface area contributed by atoms with Gasteiger partial charge in [-0.3, -0.25) is 9.59 Å². The maximum Gasteiger partial charge on any atom is 0.408 e. The number of rotatable bonds is 6. The molecule has 1 aromatic rings. The van der Waals surface area contributed by atoms with Crippen molar-refractivity contribution in [2.75, 3.05) is 13.2 Å². The maximum atomic E-state index is 14.2. The molecule has 3 aliphatic carbocycles. The van der Waals surface area contributed by atoms with Crippen molar-refractivity contribution >= 4 is 17.8 Å². The number of hydrogen-bond donors (Lipinski definition) is 4. The van der Waals surface area contributed by atoms with Gasteiger partial charge in [-0.1, -0.05) is 44.2 Å². The highest BCUT2D eigenvalue weighted by atomic mass is 16.6. The molecule has 4 N–H and O–H groups in total. The van der Waals surface area contributed by atoms with Gasteiger partial charge in [0.2, 0.25) is 0 Å². The van der Waals surface area contributed by atoms with Crippen LogP contribution in [0, 0.1) is 28.1 Å². The molecule has 1 saturated heterocycles. The number of nitrogens with one attached hydrogen (secondary N) is 1. The van der Waals surface area contributed by atoms with Crippen molar-refractivity contribution < 1.29 is 43.9 Å². The van der Waals surface area contributed by atoms with Crippen LogP contribution in [-0.4, -0.2) is 76.4 Å². The molecule has 10 heteroatoms. The number of esters is 1. The van der Waals surface area contributed by atoms with Crippen LogP contribution in [0.15, 0.2) is 41.5 Å². The summed E-state index contributed by atoms with van der Waals surface area (Å²) in [6, 6.07) is 8.34. The fourth-order valence-electron chi connectivity index (χ4n) is 8.50. The van der Waals surface area contributed by atoms with Crippen molar-refractivity contribution in [3.8, 4) is 0 Å². The molecule has 2 bridgehead atoms. The Labute approximate surface area is 265 Å². The first kappa shape index (κ1) is 33.6. The van der Waals surface area contributed by atoms with Gasteiger partial charge >= 0.3 is 12.1 Å². The number of Topliss-reactive ketones (excluding diaryl/α,β-unsaturated/α-hetero) is 1. The van der Waals surface area contributed by atoms with Crippen molar-refractivity contribution in [1.82, 2.24) is 5.32 Å². The monoisotopic (exact) mass is 627 g/mol.